The highest BCUT2D eigenvalue weighted by atomic mass is 79.9. The van der Waals surface area contributed by atoms with Crippen molar-refractivity contribution in [2.75, 3.05) is 26.1 Å². The molecule has 4 nitrogen and oxygen atoms in total. The van der Waals surface area contributed by atoms with E-state index in [4.69, 9.17) is 4.74 Å². The fourth-order valence-corrected chi connectivity index (χ4v) is 2.45. The third-order valence-corrected chi connectivity index (χ3v) is 3.57. The normalized spacial score (nSPS) is 10.7. The summed E-state index contributed by atoms with van der Waals surface area (Å²) in [7, 11) is 5.53. The van der Waals surface area contributed by atoms with E-state index in [-0.39, 0.29) is 0 Å². The maximum Gasteiger partial charge on any atom is 0.229 e. The lowest BCUT2D eigenvalue weighted by molar-refractivity contribution is 0.397. The third kappa shape index (κ3) is 1.91. The number of halogens is 1. The van der Waals surface area contributed by atoms with Crippen molar-refractivity contribution in [3.8, 4) is 5.88 Å². The largest absolute Gasteiger partial charge is 0.480 e. The summed E-state index contributed by atoms with van der Waals surface area (Å²) in [6.45, 7) is 0. The Hall–Kier alpha value is -0.880. The lowest BCUT2D eigenvalue weighted by Crippen LogP contribution is -2.07. The van der Waals surface area contributed by atoms with Crippen LogP contribution in [0.3, 0.4) is 0 Å². The van der Waals surface area contributed by atoms with Gasteiger partial charge in [0.1, 0.15) is 10.3 Å². The van der Waals surface area contributed by atoms with E-state index in [0.717, 1.165) is 20.0 Å². The number of pyridine rings is 1. The Balaban J connectivity index is 2.61. The molecule has 15 heavy (non-hydrogen) atoms. The van der Waals surface area contributed by atoms with Gasteiger partial charge in [-0.1, -0.05) is 11.3 Å². The van der Waals surface area contributed by atoms with E-state index in [9.17, 15) is 0 Å². The first-order valence-corrected chi connectivity index (χ1v) is 5.91. The number of ether oxygens (including phenoxy) is 1. The van der Waals surface area contributed by atoms with Crippen molar-refractivity contribution >= 4 is 42.7 Å². The molecular weight excluding hydrogens is 278 g/mol. The molecule has 0 aliphatic rings. The second kappa shape index (κ2) is 3.94. The van der Waals surface area contributed by atoms with Crippen LogP contribution in [0.5, 0.6) is 5.88 Å². The molecule has 0 amide bonds. The van der Waals surface area contributed by atoms with Gasteiger partial charge in [0.05, 0.1) is 11.6 Å². The number of aromatic nitrogens is 2. The predicted octanol–water partition coefficient (Wildman–Crippen LogP) is 2.53. The molecule has 0 aliphatic carbocycles. The molecule has 2 aromatic rings. The number of thiazole rings is 1. The summed E-state index contributed by atoms with van der Waals surface area (Å²) in [6, 6.07) is 1.92. The average molecular weight is 288 g/mol. The summed E-state index contributed by atoms with van der Waals surface area (Å²) in [5.41, 5.74) is 0.886. The smallest absolute Gasteiger partial charge is 0.229 e. The van der Waals surface area contributed by atoms with Crippen LogP contribution in [-0.4, -0.2) is 31.2 Å². The predicted molar refractivity (Wildman–Crippen MR) is 66.0 cm³/mol. The number of methoxy groups -OCH3 is 1. The van der Waals surface area contributed by atoms with Gasteiger partial charge in [0, 0.05) is 14.1 Å². The van der Waals surface area contributed by atoms with Crippen LogP contribution >= 0.6 is 27.3 Å². The first-order valence-electron chi connectivity index (χ1n) is 4.30. The molecule has 0 N–H and O–H groups in total. The molecule has 2 heterocycles. The van der Waals surface area contributed by atoms with Crippen LogP contribution in [0.25, 0.3) is 10.3 Å². The first kappa shape index (κ1) is 10.6. The molecular formula is C9H10BrN3OS. The molecule has 80 valence electrons. The lowest BCUT2D eigenvalue weighted by Gasteiger charge is -2.04. The molecule has 0 unspecified atom stereocenters. The molecule has 0 bridgehead atoms. The fraction of sp³-hybridized carbons (Fsp3) is 0.333. The van der Waals surface area contributed by atoms with Gasteiger partial charge in [0.15, 0.2) is 5.13 Å². The summed E-state index contributed by atoms with van der Waals surface area (Å²) in [5, 5.41) is 0.942. The van der Waals surface area contributed by atoms with E-state index in [1.807, 2.05) is 25.1 Å². The van der Waals surface area contributed by atoms with Gasteiger partial charge in [-0.05, 0) is 22.0 Å². The minimum Gasteiger partial charge on any atom is -0.480 e. The molecule has 0 saturated heterocycles. The van der Waals surface area contributed by atoms with Crippen LogP contribution in [0.2, 0.25) is 0 Å². The Labute approximate surface area is 100 Å². The summed E-state index contributed by atoms with van der Waals surface area (Å²) >= 11 is 4.93. The van der Waals surface area contributed by atoms with Gasteiger partial charge in [0.2, 0.25) is 5.88 Å². The minimum atomic E-state index is 0.594. The highest BCUT2D eigenvalue weighted by Gasteiger charge is 2.10. The van der Waals surface area contributed by atoms with E-state index in [2.05, 4.69) is 25.9 Å². The molecule has 0 saturated carbocycles. The van der Waals surface area contributed by atoms with E-state index in [0.29, 0.717) is 5.88 Å². The lowest BCUT2D eigenvalue weighted by atomic mass is 10.4. The molecule has 2 aromatic heterocycles. The van der Waals surface area contributed by atoms with Gasteiger partial charge in [-0.2, -0.15) is 4.98 Å². The summed E-state index contributed by atoms with van der Waals surface area (Å²) in [5.74, 6) is 0.594. The van der Waals surface area contributed by atoms with Crippen LogP contribution < -0.4 is 9.64 Å². The zero-order valence-corrected chi connectivity index (χ0v) is 11.0. The Kier molecular flexibility index (Phi) is 2.79. The van der Waals surface area contributed by atoms with Gasteiger partial charge >= 0.3 is 0 Å². The summed E-state index contributed by atoms with van der Waals surface area (Å²) < 4.78 is 5.96. The van der Waals surface area contributed by atoms with Crippen LogP contribution in [-0.2, 0) is 0 Å². The van der Waals surface area contributed by atoms with Crippen molar-refractivity contribution in [1.29, 1.82) is 0 Å². The van der Waals surface area contributed by atoms with E-state index < -0.39 is 0 Å². The van der Waals surface area contributed by atoms with Gasteiger partial charge in [-0.3, -0.25) is 0 Å². The Morgan fingerprint density at radius 1 is 1.40 bits per heavy atom. The molecule has 0 aromatic carbocycles. The molecule has 6 heteroatoms. The van der Waals surface area contributed by atoms with Crippen LogP contribution in [0.1, 0.15) is 0 Å². The summed E-state index contributed by atoms with van der Waals surface area (Å²) in [6.07, 6.45) is 0. The second-order valence-electron chi connectivity index (χ2n) is 3.19. The highest BCUT2D eigenvalue weighted by molar-refractivity contribution is 9.10. The quantitative estimate of drug-likeness (QED) is 0.851. The van der Waals surface area contributed by atoms with Crippen molar-refractivity contribution in [2.45, 2.75) is 0 Å². The van der Waals surface area contributed by atoms with Crippen LogP contribution in [0, 0.1) is 0 Å². The third-order valence-electron chi connectivity index (χ3n) is 1.87. The number of anilines is 1. The van der Waals surface area contributed by atoms with Gasteiger partial charge in [-0.25, -0.2) is 4.98 Å². The molecule has 0 fully saturated rings. The minimum absolute atomic E-state index is 0.594. The van der Waals surface area contributed by atoms with Gasteiger partial charge < -0.3 is 9.64 Å². The van der Waals surface area contributed by atoms with Crippen molar-refractivity contribution in [3.05, 3.63) is 10.5 Å². The monoisotopic (exact) mass is 287 g/mol. The van der Waals surface area contributed by atoms with Gasteiger partial charge in [-0.15, -0.1) is 0 Å². The van der Waals surface area contributed by atoms with Crippen molar-refractivity contribution < 1.29 is 4.74 Å². The van der Waals surface area contributed by atoms with E-state index >= 15 is 0 Å². The van der Waals surface area contributed by atoms with Crippen LogP contribution in [0.15, 0.2) is 10.5 Å². The number of fused-ring (bicyclic) bond motifs is 1. The topological polar surface area (TPSA) is 38.2 Å². The SMILES string of the molecule is COc1nc2sc(N(C)C)nc2cc1Br. The Morgan fingerprint density at radius 2 is 2.13 bits per heavy atom. The van der Waals surface area contributed by atoms with Crippen molar-refractivity contribution in [2.24, 2.45) is 0 Å². The van der Waals surface area contributed by atoms with E-state index in [1.54, 1.807) is 18.4 Å². The second-order valence-corrected chi connectivity index (χ2v) is 5.00. The number of hydrogen-bond donors (Lipinski definition) is 0. The number of nitrogens with zero attached hydrogens (tertiary/aromatic N) is 3. The molecule has 0 spiro atoms. The molecule has 0 radical (unpaired) electrons. The molecule has 0 atom stereocenters. The highest BCUT2D eigenvalue weighted by Crippen LogP contribution is 2.32. The van der Waals surface area contributed by atoms with Gasteiger partial charge in [0.25, 0.3) is 0 Å². The van der Waals surface area contributed by atoms with Crippen LogP contribution in [0.4, 0.5) is 5.13 Å². The summed E-state index contributed by atoms with van der Waals surface area (Å²) in [4.78, 5) is 11.7. The average Bonchev–Trinajstić information content (AvgIpc) is 2.59. The van der Waals surface area contributed by atoms with Crippen molar-refractivity contribution in [1.82, 2.24) is 9.97 Å². The van der Waals surface area contributed by atoms with Crippen molar-refractivity contribution in [3.63, 3.8) is 0 Å². The maximum absolute atomic E-state index is 5.13. The maximum atomic E-state index is 5.13. The standard InChI is InChI=1S/C9H10BrN3OS/c1-13(2)9-11-6-4-5(10)7(14-3)12-8(6)15-9/h4H,1-3H3. The Bertz CT molecular complexity index is 497. The fourth-order valence-electron chi connectivity index (χ4n) is 1.15. The van der Waals surface area contributed by atoms with E-state index in [1.165, 1.54) is 0 Å². The zero-order valence-electron chi connectivity index (χ0n) is 8.61. The molecule has 2 rings (SSSR count). The number of rotatable bonds is 2. The Morgan fingerprint density at radius 3 is 2.73 bits per heavy atom. The zero-order chi connectivity index (χ0) is 11.0. The molecule has 0 aliphatic heterocycles. The first-order chi connectivity index (χ1) is 7.11. The number of hydrogen-bond acceptors (Lipinski definition) is 5.